The molecule has 0 fully saturated rings. The topological polar surface area (TPSA) is 126 Å². The van der Waals surface area contributed by atoms with Crippen molar-refractivity contribution in [3.05, 3.63) is 84.1 Å². The summed E-state index contributed by atoms with van der Waals surface area (Å²) in [6.45, 7) is -0.197. The minimum absolute atomic E-state index is 0.0631. The van der Waals surface area contributed by atoms with Crippen molar-refractivity contribution >= 4 is 26.8 Å². The van der Waals surface area contributed by atoms with Crippen LogP contribution in [0.25, 0.3) is 16.6 Å². The SMILES string of the molecule is O=C(NCc1ccc(S(=O)(=O)NCCO)cc1)c1cncc2c1cnn2-c1ccc(F)cc1. The Morgan fingerprint density at radius 1 is 1.03 bits per heavy atom. The Labute approximate surface area is 188 Å². The van der Waals surface area contributed by atoms with E-state index in [4.69, 9.17) is 5.11 Å². The average Bonchev–Trinajstić information content (AvgIpc) is 3.26. The number of nitrogens with zero attached hydrogens (tertiary/aromatic N) is 3. The van der Waals surface area contributed by atoms with E-state index in [1.54, 1.807) is 41.3 Å². The Balaban J connectivity index is 1.49. The zero-order valence-electron chi connectivity index (χ0n) is 17.3. The monoisotopic (exact) mass is 469 g/mol. The molecule has 2 heterocycles. The van der Waals surface area contributed by atoms with Gasteiger partial charge in [-0.25, -0.2) is 22.2 Å². The number of hydrogen-bond acceptors (Lipinski definition) is 6. The molecule has 0 atom stereocenters. The van der Waals surface area contributed by atoms with Gasteiger partial charge in [0.1, 0.15) is 5.82 Å². The van der Waals surface area contributed by atoms with Crippen LogP contribution >= 0.6 is 0 Å². The van der Waals surface area contributed by atoms with Crippen molar-refractivity contribution in [2.75, 3.05) is 13.2 Å². The van der Waals surface area contributed by atoms with Gasteiger partial charge in [-0.2, -0.15) is 5.10 Å². The number of fused-ring (bicyclic) bond motifs is 1. The van der Waals surface area contributed by atoms with Crippen molar-refractivity contribution in [3.63, 3.8) is 0 Å². The van der Waals surface area contributed by atoms with Crippen LogP contribution in [0.5, 0.6) is 0 Å². The first-order chi connectivity index (χ1) is 15.9. The molecule has 9 nitrogen and oxygen atoms in total. The predicted octanol–water partition coefficient (Wildman–Crippen LogP) is 1.76. The number of amides is 1. The van der Waals surface area contributed by atoms with Crippen molar-refractivity contribution in [1.29, 1.82) is 0 Å². The zero-order valence-corrected chi connectivity index (χ0v) is 18.1. The van der Waals surface area contributed by atoms with E-state index in [0.29, 0.717) is 27.7 Å². The summed E-state index contributed by atoms with van der Waals surface area (Å²) < 4.78 is 41.2. The molecule has 0 aliphatic heterocycles. The molecule has 0 unspecified atom stereocenters. The van der Waals surface area contributed by atoms with E-state index in [2.05, 4.69) is 20.1 Å². The fourth-order valence-corrected chi connectivity index (χ4v) is 4.26. The van der Waals surface area contributed by atoms with Gasteiger partial charge in [0.2, 0.25) is 10.0 Å². The van der Waals surface area contributed by atoms with Crippen LogP contribution in [0.1, 0.15) is 15.9 Å². The first-order valence-corrected chi connectivity index (χ1v) is 11.4. The van der Waals surface area contributed by atoms with Crippen LogP contribution in [-0.2, 0) is 16.6 Å². The van der Waals surface area contributed by atoms with E-state index in [0.717, 1.165) is 0 Å². The van der Waals surface area contributed by atoms with Crippen LogP contribution in [0, 0.1) is 5.82 Å². The van der Waals surface area contributed by atoms with Gasteiger partial charge in [-0.05, 0) is 42.0 Å². The number of carbonyl (C=O) groups is 1. The Morgan fingerprint density at radius 2 is 1.76 bits per heavy atom. The van der Waals surface area contributed by atoms with Crippen LogP contribution < -0.4 is 10.0 Å². The van der Waals surface area contributed by atoms with Crippen molar-refractivity contribution < 1.29 is 22.7 Å². The fourth-order valence-electron chi connectivity index (χ4n) is 3.24. The molecule has 0 bridgehead atoms. The molecule has 0 spiro atoms. The highest BCUT2D eigenvalue weighted by Crippen LogP contribution is 2.21. The minimum atomic E-state index is -3.70. The molecule has 4 aromatic rings. The molecule has 3 N–H and O–H groups in total. The lowest BCUT2D eigenvalue weighted by molar-refractivity contribution is 0.0952. The molecule has 0 aliphatic rings. The number of aliphatic hydroxyl groups is 1. The second kappa shape index (κ2) is 9.45. The number of pyridine rings is 1. The molecule has 1 amide bonds. The molecule has 0 saturated heterocycles. The number of sulfonamides is 1. The number of rotatable bonds is 8. The minimum Gasteiger partial charge on any atom is -0.395 e. The second-order valence-electron chi connectivity index (χ2n) is 7.10. The maximum absolute atomic E-state index is 13.2. The van der Waals surface area contributed by atoms with Crippen LogP contribution in [0.3, 0.4) is 0 Å². The third kappa shape index (κ3) is 4.90. The molecule has 0 saturated carbocycles. The Morgan fingerprint density at radius 3 is 2.45 bits per heavy atom. The Kier molecular flexibility index (Phi) is 6.45. The van der Waals surface area contributed by atoms with Crippen molar-refractivity contribution in [1.82, 2.24) is 24.8 Å². The van der Waals surface area contributed by atoms with Gasteiger partial charge in [0.15, 0.2) is 0 Å². The van der Waals surface area contributed by atoms with E-state index >= 15 is 0 Å². The van der Waals surface area contributed by atoms with Crippen molar-refractivity contribution in [2.24, 2.45) is 0 Å². The molecule has 4 rings (SSSR count). The third-order valence-corrected chi connectivity index (χ3v) is 6.38. The number of carbonyl (C=O) groups excluding carboxylic acids is 1. The van der Waals surface area contributed by atoms with Gasteiger partial charge in [0, 0.05) is 24.7 Å². The molecule has 170 valence electrons. The quantitative estimate of drug-likeness (QED) is 0.361. The molecular formula is C22H20FN5O4S. The van der Waals surface area contributed by atoms with Crippen LogP contribution in [0.2, 0.25) is 0 Å². The number of aromatic nitrogens is 3. The first kappa shape index (κ1) is 22.5. The number of halogens is 1. The maximum Gasteiger partial charge on any atom is 0.253 e. The molecule has 11 heteroatoms. The van der Waals surface area contributed by atoms with Gasteiger partial charge >= 0.3 is 0 Å². The van der Waals surface area contributed by atoms with Gasteiger partial charge in [0.25, 0.3) is 5.91 Å². The number of benzene rings is 2. The zero-order chi connectivity index (χ0) is 23.4. The van der Waals surface area contributed by atoms with Gasteiger partial charge in [-0.15, -0.1) is 0 Å². The Bertz CT molecular complexity index is 1390. The van der Waals surface area contributed by atoms with E-state index < -0.39 is 10.0 Å². The first-order valence-electron chi connectivity index (χ1n) is 9.94. The smallest absolute Gasteiger partial charge is 0.253 e. The molecule has 2 aromatic heterocycles. The predicted molar refractivity (Wildman–Crippen MR) is 119 cm³/mol. The normalized spacial score (nSPS) is 11.6. The molecule has 33 heavy (non-hydrogen) atoms. The highest BCUT2D eigenvalue weighted by Gasteiger charge is 2.16. The number of hydrogen-bond donors (Lipinski definition) is 3. The highest BCUT2D eigenvalue weighted by atomic mass is 32.2. The lowest BCUT2D eigenvalue weighted by Gasteiger charge is -2.09. The summed E-state index contributed by atoms with van der Waals surface area (Å²) in [5.74, 6) is -0.728. The van der Waals surface area contributed by atoms with E-state index in [9.17, 15) is 17.6 Å². The maximum atomic E-state index is 13.2. The lowest BCUT2D eigenvalue weighted by Crippen LogP contribution is -2.26. The Hall–Kier alpha value is -3.67. The fraction of sp³-hybridized carbons (Fsp3) is 0.136. The van der Waals surface area contributed by atoms with Crippen LogP contribution in [0.4, 0.5) is 4.39 Å². The van der Waals surface area contributed by atoms with Crippen LogP contribution in [-0.4, -0.2) is 47.3 Å². The van der Waals surface area contributed by atoms with Crippen molar-refractivity contribution in [3.8, 4) is 5.69 Å². The summed E-state index contributed by atoms with van der Waals surface area (Å²) in [4.78, 5) is 17.0. The summed E-state index contributed by atoms with van der Waals surface area (Å²) in [6.07, 6.45) is 4.57. The number of aliphatic hydroxyl groups excluding tert-OH is 1. The molecular weight excluding hydrogens is 449 g/mol. The van der Waals surface area contributed by atoms with E-state index in [-0.39, 0.29) is 36.3 Å². The summed E-state index contributed by atoms with van der Waals surface area (Å²) >= 11 is 0. The summed E-state index contributed by atoms with van der Waals surface area (Å²) in [5, 5.41) is 16.5. The third-order valence-electron chi connectivity index (χ3n) is 4.90. The summed E-state index contributed by atoms with van der Waals surface area (Å²) in [7, 11) is -3.70. The average molecular weight is 469 g/mol. The number of nitrogens with one attached hydrogen (secondary N) is 2. The van der Waals surface area contributed by atoms with Gasteiger partial charge in [-0.3, -0.25) is 9.78 Å². The summed E-state index contributed by atoms with van der Waals surface area (Å²) in [5.41, 5.74) is 2.26. The van der Waals surface area contributed by atoms with Gasteiger partial charge in [0.05, 0.1) is 40.7 Å². The molecule has 2 aromatic carbocycles. The van der Waals surface area contributed by atoms with Gasteiger partial charge < -0.3 is 10.4 Å². The van der Waals surface area contributed by atoms with Gasteiger partial charge in [-0.1, -0.05) is 12.1 Å². The standard InChI is InChI=1S/C22H20FN5O4S/c23-16-3-5-17(6-4-16)28-21-14-24-12-20(19(21)13-26-28)22(30)25-11-15-1-7-18(8-2-15)33(31,32)27-9-10-29/h1-8,12-14,27,29H,9-11H2,(H,25,30). The second-order valence-corrected chi connectivity index (χ2v) is 8.87. The summed E-state index contributed by atoms with van der Waals surface area (Å²) in [6, 6.07) is 11.9. The molecule has 0 aliphatic carbocycles. The highest BCUT2D eigenvalue weighted by molar-refractivity contribution is 7.89. The van der Waals surface area contributed by atoms with E-state index in [1.165, 1.54) is 30.5 Å². The largest absolute Gasteiger partial charge is 0.395 e. The van der Waals surface area contributed by atoms with Crippen molar-refractivity contribution in [2.45, 2.75) is 11.4 Å². The van der Waals surface area contributed by atoms with Crippen LogP contribution in [0.15, 0.2) is 72.0 Å². The molecule has 0 radical (unpaired) electrons. The lowest BCUT2D eigenvalue weighted by atomic mass is 10.1. The van der Waals surface area contributed by atoms with E-state index in [1.807, 2.05) is 0 Å².